The van der Waals surface area contributed by atoms with Crippen LogP contribution in [0.15, 0.2) is 23.0 Å². The van der Waals surface area contributed by atoms with Crippen molar-refractivity contribution in [3.8, 4) is 0 Å². The zero-order chi connectivity index (χ0) is 15.0. The Hall–Kier alpha value is -2.04. The highest BCUT2D eigenvalue weighted by atomic mass is 16.2. The van der Waals surface area contributed by atoms with Crippen molar-refractivity contribution in [3.05, 3.63) is 34.2 Å². The van der Waals surface area contributed by atoms with Crippen molar-refractivity contribution >= 4 is 16.9 Å². The number of carbonyl (C=O) groups excluding carboxylic acids is 1. The zero-order valence-corrected chi connectivity index (χ0v) is 12.6. The summed E-state index contributed by atoms with van der Waals surface area (Å²) < 4.78 is 3.17. The van der Waals surface area contributed by atoms with Gasteiger partial charge in [-0.05, 0) is 31.0 Å². The van der Waals surface area contributed by atoms with Crippen LogP contribution in [0.5, 0.6) is 0 Å². The van der Waals surface area contributed by atoms with Crippen molar-refractivity contribution in [1.82, 2.24) is 14.5 Å². The highest BCUT2D eigenvalue weighted by Gasteiger charge is 2.17. The Bertz CT molecular complexity index is 736. The molecule has 1 aliphatic carbocycles. The Kier molecular flexibility index (Phi) is 3.57. The lowest BCUT2D eigenvalue weighted by Crippen LogP contribution is -2.36. The van der Waals surface area contributed by atoms with Gasteiger partial charge in [-0.1, -0.05) is 19.3 Å². The number of aromatic nitrogens is 2. The largest absolute Gasteiger partial charge is 0.349 e. The first kappa shape index (κ1) is 13.9. The number of amides is 1. The van der Waals surface area contributed by atoms with Crippen molar-refractivity contribution in [2.24, 2.45) is 14.1 Å². The molecule has 1 amide bonds. The summed E-state index contributed by atoms with van der Waals surface area (Å²) in [5.74, 6) is -0.0416. The van der Waals surface area contributed by atoms with Gasteiger partial charge in [0.2, 0.25) is 0 Å². The molecule has 0 aliphatic heterocycles. The lowest BCUT2D eigenvalue weighted by atomic mass is 9.95. The van der Waals surface area contributed by atoms with Gasteiger partial charge in [-0.2, -0.15) is 0 Å². The van der Waals surface area contributed by atoms with E-state index in [9.17, 15) is 9.59 Å². The van der Waals surface area contributed by atoms with Crippen LogP contribution in [0.2, 0.25) is 0 Å². The molecule has 112 valence electrons. The molecule has 0 bridgehead atoms. The standard InChI is InChI=1S/C16H21N3O2/c1-18-13-9-8-11(10-14(13)19(2)16(18)21)15(20)17-12-6-4-3-5-7-12/h8-10,12H,3-7H2,1-2H3,(H,17,20). The van der Waals surface area contributed by atoms with Crippen LogP contribution < -0.4 is 11.0 Å². The third-order valence-corrected chi connectivity index (χ3v) is 4.47. The predicted molar refractivity (Wildman–Crippen MR) is 82.5 cm³/mol. The van der Waals surface area contributed by atoms with Crippen LogP contribution in [0.4, 0.5) is 0 Å². The summed E-state index contributed by atoms with van der Waals surface area (Å²) in [7, 11) is 3.47. The summed E-state index contributed by atoms with van der Waals surface area (Å²) >= 11 is 0. The second-order valence-corrected chi connectivity index (χ2v) is 5.91. The number of nitrogens with one attached hydrogen (secondary N) is 1. The Balaban J connectivity index is 1.88. The van der Waals surface area contributed by atoms with Gasteiger partial charge in [0.25, 0.3) is 5.91 Å². The molecule has 1 aromatic carbocycles. The fourth-order valence-corrected chi connectivity index (χ4v) is 3.16. The maximum atomic E-state index is 12.4. The third kappa shape index (κ3) is 2.48. The van der Waals surface area contributed by atoms with Crippen LogP contribution in [0.1, 0.15) is 42.5 Å². The molecule has 1 saturated carbocycles. The minimum absolute atomic E-state index is 0.0416. The fraction of sp³-hybridized carbons (Fsp3) is 0.500. The van der Waals surface area contributed by atoms with E-state index < -0.39 is 0 Å². The monoisotopic (exact) mass is 287 g/mol. The van der Waals surface area contributed by atoms with E-state index >= 15 is 0 Å². The maximum absolute atomic E-state index is 12.4. The van der Waals surface area contributed by atoms with Crippen LogP contribution in [0, 0.1) is 0 Å². The van der Waals surface area contributed by atoms with E-state index in [0.717, 1.165) is 23.9 Å². The number of carbonyl (C=O) groups is 1. The van der Waals surface area contributed by atoms with Crippen LogP contribution in [-0.4, -0.2) is 21.1 Å². The fourth-order valence-electron chi connectivity index (χ4n) is 3.16. The molecule has 0 spiro atoms. The van der Waals surface area contributed by atoms with Gasteiger partial charge in [0.05, 0.1) is 11.0 Å². The van der Waals surface area contributed by atoms with Gasteiger partial charge in [0.15, 0.2) is 0 Å². The Labute approximate surface area is 123 Å². The van der Waals surface area contributed by atoms with Crippen molar-refractivity contribution in [1.29, 1.82) is 0 Å². The number of aryl methyl sites for hydroxylation is 2. The molecular weight excluding hydrogens is 266 g/mol. The average Bonchev–Trinajstić information content (AvgIpc) is 2.73. The first-order valence-corrected chi connectivity index (χ1v) is 7.54. The molecular formula is C16H21N3O2. The Morgan fingerprint density at radius 3 is 2.48 bits per heavy atom. The van der Waals surface area contributed by atoms with E-state index in [1.807, 2.05) is 6.07 Å². The van der Waals surface area contributed by atoms with Crippen LogP contribution in [0.3, 0.4) is 0 Å². The van der Waals surface area contributed by atoms with Crippen molar-refractivity contribution in [2.75, 3.05) is 0 Å². The minimum Gasteiger partial charge on any atom is -0.349 e. The van der Waals surface area contributed by atoms with E-state index in [1.165, 1.54) is 19.3 Å². The SMILES string of the molecule is Cn1c(=O)n(C)c2cc(C(=O)NC3CCCCC3)ccc21. The van der Waals surface area contributed by atoms with Crippen molar-refractivity contribution < 1.29 is 4.79 Å². The molecule has 0 atom stereocenters. The number of hydrogen-bond acceptors (Lipinski definition) is 2. The van der Waals surface area contributed by atoms with Crippen LogP contribution in [-0.2, 0) is 14.1 Å². The van der Waals surface area contributed by atoms with Gasteiger partial charge in [-0.25, -0.2) is 4.79 Å². The molecule has 1 N–H and O–H groups in total. The van der Waals surface area contributed by atoms with Gasteiger partial charge >= 0.3 is 5.69 Å². The summed E-state index contributed by atoms with van der Waals surface area (Å²) in [5, 5.41) is 3.11. The van der Waals surface area contributed by atoms with Gasteiger partial charge in [0.1, 0.15) is 0 Å². The first-order valence-electron chi connectivity index (χ1n) is 7.54. The summed E-state index contributed by atoms with van der Waals surface area (Å²) in [4.78, 5) is 24.3. The highest BCUT2D eigenvalue weighted by Crippen LogP contribution is 2.19. The molecule has 2 aromatic rings. The number of rotatable bonds is 2. The lowest BCUT2D eigenvalue weighted by Gasteiger charge is -2.22. The van der Waals surface area contributed by atoms with E-state index in [0.29, 0.717) is 11.6 Å². The Morgan fingerprint density at radius 1 is 1.10 bits per heavy atom. The number of nitrogens with zero attached hydrogens (tertiary/aromatic N) is 2. The van der Waals surface area contributed by atoms with E-state index in [2.05, 4.69) is 5.32 Å². The topological polar surface area (TPSA) is 56.0 Å². The van der Waals surface area contributed by atoms with E-state index in [1.54, 1.807) is 35.4 Å². The van der Waals surface area contributed by atoms with Crippen molar-refractivity contribution in [3.63, 3.8) is 0 Å². The van der Waals surface area contributed by atoms with E-state index in [4.69, 9.17) is 0 Å². The molecule has 3 rings (SSSR count). The molecule has 5 nitrogen and oxygen atoms in total. The lowest BCUT2D eigenvalue weighted by molar-refractivity contribution is 0.0928. The molecule has 0 unspecified atom stereocenters. The van der Waals surface area contributed by atoms with E-state index in [-0.39, 0.29) is 11.6 Å². The molecule has 1 aliphatic rings. The highest BCUT2D eigenvalue weighted by molar-refractivity contribution is 5.97. The Morgan fingerprint density at radius 2 is 1.76 bits per heavy atom. The number of fused-ring (bicyclic) bond motifs is 1. The average molecular weight is 287 g/mol. The van der Waals surface area contributed by atoms with Gasteiger partial charge in [-0.15, -0.1) is 0 Å². The summed E-state index contributed by atoms with van der Waals surface area (Å²) in [6.07, 6.45) is 5.79. The minimum atomic E-state index is -0.0742. The second kappa shape index (κ2) is 5.39. The molecule has 5 heteroatoms. The van der Waals surface area contributed by atoms with Crippen LogP contribution in [0.25, 0.3) is 11.0 Å². The van der Waals surface area contributed by atoms with Gasteiger partial charge in [-0.3, -0.25) is 13.9 Å². The maximum Gasteiger partial charge on any atom is 0.328 e. The van der Waals surface area contributed by atoms with Crippen LogP contribution >= 0.6 is 0 Å². The van der Waals surface area contributed by atoms with Gasteiger partial charge in [0, 0.05) is 25.7 Å². The summed E-state index contributed by atoms with van der Waals surface area (Å²) in [6, 6.07) is 5.72. The summed E-state index contributed by atoms with van der Waals surface area (Å²) in [5.41, 5.74) is 2.18. The second-order valence-electron chi connectivity index (χ2n) is 5.91. The molecule has 1 fully saturated rings. The molecule has 1 heterocycles. The normalized spacial score (nSPS) is 16.3. The first-order chi connectivity index (χ1) is 10.1. The zero-order valence-electron chi connectivity index (χ0n) is 12.6. The van der Waals surface area contributed by atoms with Gasteiger partial charge < -0.3 is 5.32 Å². The number of imidazole rings is 1. The molecule has 1 aromatic heterocycles. The smallest absolute Gasteiger partial charge is 0.328 e. The molecule has 0 radical (unpaired) electrons. The predicted octanol–water partition coefficient (Wildman–Crippen LogP) is 1.94. The molecule has 21 heavy (non-hydrogen) atoms. The quantitative estimate of drug-likeness (QED) is 0.917. The number of benzene rings is 1. The third-order valence-electron chi connectivity index (χ3n) is 4.47. The number of hydrogen-bond donors (Lipinski definition) is 1. The van der Waals surface area contributed by atoms with Crippen molar-refractivity contribution in [2.45, 2.75) is 38.1 Å². The molecule has 0 saturated heterocycles. The summed E-state index contributed by atoms with van der Waals surface area (Å²) in [6.45, 7) is 0.